The van der Waals surface area contributed by atoms with Crippen molar-refractivity contribution in [3.05, 3.63) is 59.7 Å². The minimum Gasteiger partial charge on any atom is -0.452 e. The number of sulfonamides is 1. The van der Waals surface area contributed by atoms with Crippen molar-refractivity contribution < 1.29 is 22.7 Å². The summed E-state index contributed by atoms with van der Waals surface area (Å²) in [5.41, 5.74) is 1.71. The predicted molar refractivity (Wildman–Crippen MR) is 114 cm³/mol. The molecule has 1 aliphatic heterocycles. The largest absolute Gasteiger partial charge is 0.452 e. The van der Waals surface area contributed by atoms with E-state index in [1.807, 2.05) is 26.0 Å². The fourth-order valence-corrected chi connectivity index (χ4v) is 4.99. The third-order valence-electron chi connectivity index (χ3n) is 5.19. The van der Waals surface area contributed by atoms with Gasteiger partial charge < -0.3 is 10.1 Å². The van der Waals surface area contributed by atoms with Crippen molar-refractivity contribution in [2.45, 2.75) is 44.0 Å². The maximum atomic E-state index is 13.1. The Morgan fingerprint density at radius 3 is 2.57 bits per heavy atom. The molecule has 0 saturated heterocycles. The number of hydrogen-bond acceptors (Lipinski definition) is 5. The van der Waals surface area contributed by atoms with E-state index in [1.54, 1.807) is 12.1 Å². The van der Waals surface area contributed by atoms with E-state index in [0.717, 1.165) is 18.4 Å². The summed E-state index contributed by atoms with van der Waals surface area (Å²) in [7, 11) is -3.82. The molecule has 8 heteroatoms. The maximum absolute atomic E-state index is 13.1. The summed E-state index contributed by atoms with van der Waals surface area (Å²) in [6.45, 7) is 3.87. The van der Waals surface area contributed by atoms with Crippen molar-refractivity contribution in [2.75, 3.05) is 17.5 Å². The van der Waals surface area contributed by atoms with Crippen LogP contribution in [0.2, 0.25) is 0 Å². The number of rotatable bonds is 8. The summed E-state index contributed by atoms with van der Waals surface area (Å²) in [4.78, 5) is 24.3. The molecule has 1 amide bonds. The van der Waals surface area contributed by atoms with E-state index >= 15 is 0 Å². The zero-order chi connectivity index (χ0) is 21.7. The van der Waals surface area contributed by atoms with Crippen LogP contribution in [0.25, 0.3) is 0 Å². The molecule has 0 aromatic heterocycles. The van der Waals surface area contributed by atoms with Crippen LogP contribution in [0, 0.1) is 0 Å². The quantitative estimate of drug-likeness (QED) is 0.650. The van der Waals surface area contributed by atoms with Crippen LogP contribution in [0.3, 0.4) is 0 Å². The number of nitrogens with one attached hydrogen (secondary N) is 1. The third-order valence-corrected chi connectivity index (χ3v) is 7.00. The molecule has 0 radical (unpaired) electrons. The molecule has 0 atom stereocenters. The molecule has 0 fully saturated rings. The molecule has 3 rings (SSSR count). The predicted octanol–water partition coefficient (Wildman–Crippen LogP) is 2.90. The van der Waals surface area contributed by atoms with Crippen LogP contribution >= 0.6 is 0 Å². The van der Waals surface area contributed by atoms with Crippen LogP contribution in [0.15, 0.2) is 53.4 Å². The summed E-state index contributed by atoms with van der Waals surface area (Å²) in [5.74, 6) is -1.12. The number of carbonyl (C=O) groups excluding carboxylic acids is 2. The van der Waals surface area contributed by atoms with E-state index in [-0.39, 0.29) is 22.4 Å². The molecule has 30 heavy (non-hydrogen) atoms. The second-order valence-electron chi connectivity index (χ2n) is 7.14. The maximum Gasteiger partial charge on any atom is 0.338 e. The van der Waals surface area contributed by atoms with Crippen LogP contribution in [-0.4, -0.2) is 39.5 Å². The lowest BCUT2D eigenvalue weighted by molar-refractivity contribution is -0.125. The normalized spacial score (nSPS) is 13.2. The van der Waals surface area contributed by atoms with Crippen molar-refractivity contribution in [2.24, 2.45) is 0 Å². The molecule has 0 spiro atoms. The van der Waals surface area contributed by atoms with Crippen molar-refractivity contribution in [3.63, 3.8) is 0 Å². The Morgan fingerprint density at radius 2 is 1.83 bits per heavy atom. The van der Waals surface area contributed by atoms with Gasteiger partial charge in [0.15, 0.2) is 6.61 Å². The summed E-state index contributed by atoms with van der Waals surface area (Å²) in [6, 6.07) is 13.1. The first-order valence-electron chi connectivity index (χ1n) is 10.0. The SMILES string of the molecule is CCC(CC)NC(=O)COC(=O)c1cccc(S(=O)(=O)N2CCc3ccccc32)c1. The molecule has 1 aliphatic rings. The minimum atomic E-state index is -3.82. The molecule has 2 aromatic rings. The van der Waals surface area contributed by atoms with E-state index in [4.69, 9.17) is 4.74 Å². The summed E-state index contributed by atoms with van der Waals surface area (Å²) in [6.07, 6.45) is 2.22. The number of fused-ring (bicyclic) bond motifs is 1. The van der Waals surface area contributed by atoms with Gasteiger partial charge in [0.25, 0.3) is 15.9 Å². The number of anilines is 1. The molecule has 1 N–H and O–H groups in total. The first-order chi connectivity index (χ1) is 14.4. The lowest BCUT2D eigenvalue weighted by Gasteiger charge is -2.20. The van der Waals surface area contributed by atoms with E-state index < -0.39 is 22.6 Å². The van der Waals surface area contributed by atoms with Crippen LogP contribution in [-0.2, 0) is 26.0 Å². The molecule has 7 nitrogen and oxygen atoms in total. The number of para-hydroxylation sites is 1. The number of amides is 1. The lowest BCUT2D eigenvalue weighted by atomic mass is 10.2. The number of benzene rings is 2. The van der Waals surface area contributed by atoms with Gasteiger partial charge in [-0.3, -0.25) is 9.10 Å². The number of hydrogen-bond donors (Lipinski definition) is 1. The second kappa shape index (κ2) is 9.30. The highest BCUT2D eigenvalue weighted by Gasteiger charge is 2.31. The molecule has 0 unspecified atom stereocenters. The lowest BCUT2D eigenvalue weighted by Crippen LogP contribution is -2.36. The van der Waals surface area contributed by atoms with Crippen LogP contribution < -0.4 is 9.62 Å². The van der Waals surface area contributed by atoms with Crippen LogP contribution in [0.5, 0.6) is 0 Å². The summed E-state index contributed by atoms with van der Waals surface area (Å²) < 4.78 is 32.7. The Morgan fingerprint density at radius 1 is 1.10 bits per heavy atom. The van der Waals surface area contributed by atoms with E-state index in [9.17, 15) is 18.0 Å². The smallest absolute Gasteiger partial charge is 0.338 e. The zero-order valence-corrected chi connectivity index (χ0v) is 17.9. The van der Waals surface area contributed by atoms with Crippen molar-refractivity contribution in [3.8, 4) is 0 Å². The van der Waals surface area contributed by atoms with E-state index in [0.29, 0.717) is 18.7 Å². The van der Waals surface area contributed by atoms with Crippen LogP contribution in [0.1, 0.15) is 42.6 Å². The topological polar surface area (TPSA) is 92.8 Å². The molecule has 160 valence electrons. The van der Waals surface area contributed by atoms with Gasteiger partial charge in [-0.1, -0.05) is 38.1 Å². The summed E-state index contributed by atoms with van der Waals surface area (Å²) in [5, 5.41) is 2.79. The van der Waals surface area contributed by atoms with Crippen LogP contribution in [0.4, 0.5) is 5.69 Å². The molecule has 0 aliphatic carbocycles. The van der Waals surface area contributed by atoms with Crippen molar-refractivity contribution in [1.82, 2.24) is 5.32 Å². The van der Waals surface area contributed by atoms with E-state index in [1.165, 1.54) is 28.6 Å². The fraction of sp³-hybridized carbons (Fsp3) is 0.364. The molecule has 2 aromatic carbocycles. The van der Waals surface area contributed by atoms with Gasteiger partial charge in [-0.15, -0.1) is 0 Å². The highest BCUT2D eigenvalue weighted by molar-refractivity contribution is 7.92. The van der Waals surface area contributed by atoms with Gasteiger partial charge in [0.1, 0.15) is 0 Å². The van der Waals surface area contributed by atoms with Crippen molar-refractivity contribution in [1.29, 1.82) is 0 Å². The number of carbonyl (C=O) groups is 2. The Labute approximate surface area is 177 Å². The monoisotopic (exact) mass is 430 g/mol. The third kappa shape index (κ3) is 4.64. The molecular weight excluding hydrogens is 404 g/mol. The first-order valence-corrected chi connectivity index (χ1v) is 11.5. The van der Waals surface area contributed by atoms with Gasteiger partial charge >= 0.3 is 5.97 Å². The molecule has 0 saturated carbocycles. The molecule has 0 bridgehead atoms. The Kier molecular flexibility index (Phi) is 6.77. The van der Waals surface area contributed by atoms with E-state index in [2.05, 4.69) is 5.32 Å². The first kappa shape index (κ1) is 21.8. The fourth-order valence-electron chi connectivity index (χ4n) is 3.44. The standard InChI is InChI=1S/C22H26N2O5S/c1-3-18(4-2)23-21(25)15-29-22(26)17-9-7-10-19(14-17)30(27,28)24-13-12-16-8-5-6-11-20(16)24/h5-11,14,18H,3-4,12-13,15H2,1-2H3,(H,23,25). The average molecular weight is 431 g/mol. The minimum absolute atomic E-state index is 0.00938. The van der Waals surface area contributed by atoms with Gasteiger partial charge in [0, 0.05) is 12.6 Å². The summed E-state index contributed by atoms with van der Waals surface area (Å²) >= 11 is 0. The number of ether oxygens (including phenoxy) is 1. The number of esters is 1. The number of nitrogens with zero attached hydrogens (tertiary/aromatic N) is 1. The average Bonchev–Trinajstić information content (AvgIpc) is 3.21. The van der Waals surface area contributed by atoms with Gasteiger partial charge in [-0.05, 0) is 49.1 Å². The Bertz CT molecular complexity index is 1030. The van der Waals surface area contributed by atoms with Crippen molar-refractivity contribution >= 4 is 27.6 Å². The van der Waals surface area contributed by atoms with Gasteiger partial charge in [-0.25, -0.2) is 13.2 Å². The Balaban J connectivity index is 1.71. The van der Waals surface area contributed by atoms with Gasteiger partial charge in [-0.2, -0.15) is 0 Å². The van der Waals surface area contributed by atoms with Gasteiger partial charge in [0.05, 0.1) is 16.1 Å². The molecular formula is C22H26N2O5S. The highest BCUT2D eigenvalue weighted by Crippen LogP contribution is 2.32. The highest BCUT2D eigenvalue weighted by atomic mass is 32.2. The zero-order valence-electron chi connectivity index (χ0n) is 17.1. The van der Waals surface area contributed by atoms with Gasteiger partial charge in [0.2, 0.25) is 0 Å². The molecule has 1 heterocycles. The Hall–Kier alpha value is -2.87. The second-order valence-corrected chi connectivity index (χ2v) is 9.00.